The average molecular weight is 335 g/mol. The molecule has 1 aliphatic heterocycles. The number of carbonyl (C=O) groups is 1. The van der Waals surface area contributed by atoms with Gasteiger partial charge in [0, 0.05) is 11.6 Å². The molecule has 126 valence electrons. The summed E-state index contributed by atoms with van der Waals surface area (Å²) in [5.74, 6) is 0.522. The second-order valence-corrected chi connectivity index (χ2v) is 5.88. The van der Waals surface area contributed by atoms with E-state index in [-0.39, 0.29) is 12.3 Å². The summed E-state index contributed by atoms with van der Waals surface area (Å²) in [7, 11) is 1.59. The minimum Gasteiger partial charge on any atom is -0.497 e. The van der Waals surface area contributed by atoms with E-state index in [1.807, 2.05) is 36.4 Å². The molecule has 1 aromatic heterocycles. The number of fused-ring (bicyclic) bond motifs is 3. The molecule has 3 aromatic rings. The van der Waals surface area contributed by atoms with Crippen molar-refractivity contribution >= 4 is 11.6 Å². The Morgan fingerprint density at radius 3 is 2.80 bits per heavy atom. The molecule has 0 spiro atoms. The fourth-order valence-electron chi connectivity index (χ4n) is 3.08. The Hall–Kier alpha value is -3.12. The lowest BCUT2D eigenvalue weighted by Gasteiger charge is -2.12. The van der Waals surface area contributed by atoms with Gasteiger partial charge >= 0.3 is 0 Å². The lowest BCUT2D eigenvalue weighted by molar-refractivity contribution is -0.115. The minimum absolute atomic E-state index is 0.135. The van der Waals surface area contributed by atoms with Crippen molar-refractivity contribution in [2.75, 3.05) is 12.4 Å². The molecule has 0 aliphatic carbocycles. The highest BCUT2D eigenvalue weighted by Gasteiger charge is 2.26. The van der Waals surface area contributed by atoms with Gasteiger partial charge in [-0.15, -0.1) is 0 Å². The highest BCUT2D eigenvalue weighted by Crippen LogP contribution is 2.33. The van der Waals surface area contributed by atoms with Crippen molar-refractivity contribution in [2.24, 2.45) is 0 Å². The first-order valence-electron chi connectivity index (χ1n) is 7.95. The van der Waals surface area contributed by atoms with Crippen LogP contribution >= 0.6 is 0 Å². The highest BCUT2D eigenvalue weighted by molar-refractivity contribution is 5.95. The molecule has 2 N–H and O–H groups in total. The molecule has 0 saturated carbocycles. The number of aliphatic hydroxyl groups excluding tert-OH is 1. The lowest BCUT2D eigenvalue weighted by atomic mass is 10.0. The summed E-state index contributed by atoms with van der Waals surface area (Å²) >= 11 is 0. The maximum absolute atomic E-state index is 12.3. The second-order valence-electron chi connectivity index (χ2n) is 5.88. The summed E-state index contributed by atoms with van der Waals surface area (Å²) in [4.78, 5) is 12.3. The Bertz CT molecular complexity index is 934. The van der Waals surface area contributed by atoms with Crippen LogP contribution in [0.1, 0.15) is 22.9 Å². The molecule has 0 fully saturated rings. The van der Waals surface area contributed by atoms with Crippen LogP contribution in [0.2, 0.25) is 0 Å². The zero-order valence-electron chi connectivity index (χ0n) is 13.6. The predicted octanol–water partition coefficient (Wildman–Crippen LogP) is 2.46. The average Bonchev–Trinajstić information content (AvgIpc) is 2.99. The van der Waals surface area contributed by atoms with Crippen LogP contribution in [0.15, 0.2) is 54.7 Å². The molecule has 1 aliphatic rings. The molecule has 0 radical (unpaired) electrons. The number of methoxy groups -OCH3 is 1. The van der Waals surface area contributed by atoms with Crippen LogP contribution in [0.25, 0.3) is 5.69 Å². The topological polar surface area (TPSA) is 76.4 Å². The van der Waals surface area contributed by atoms with Crippen molar-refractivity contribution in [3.8, 4) is 11.4 Å². The summed E-state index contributed by atoms with van der Waals surface area (Å²) < 4.78 is 6.98. The van der Waals surface area contributed by atoms with Gasteiger partial charge in [-0.2, -0.15) is 5.10 Å². The number of hydrogen-bond acceptors (Lipinski definition) is 4. The van der Waals surface area contributed by atoms with Crippen molar-refractivity contribution in [2.45, 2.75) is 12.5 Å². The van der Waals surface area contributed by atoms with Crippen LogP contribution in [0, 0.1) is 0 Å². The van der Waals surface area contributed by atoms with E-state index >= 15 is 0 Å². The molecule has 4 rings (SSSR count). The van der Waals surface area contributed by atoms with Gasteiger partial charge in [0.1, 0.15) is 11.9 Å². The molecule has 0 saturated heterocycles. The first-order valence-corrected chi connectivity index (χ1v) is 7.95. The first-order chi connectivity index (χ1) is 12.2. The summed E-state index contributed by atoms with van der Waals surface area (Å²) in [6.45, 7) is 0. The maximum Gasteiger partial charge on any atom is 0.230 e. The number of hydrogen-bond donors (Lipinski definition) is 2. The van der Waals surface area contributed by atoms with Gasteiger partial charge in [0.15, 0.2) is 0 Å². The smallest absolute Gasteiger partial charge is 0.230 e. The van der Waals surface area contributed by atoms with Crippen LogP contribution < -0.4 is 10.1 Å². The predicted molar refractivity (Wildman–Crippen MR) is 93.0 cm³/mol. The molecule has 1 amide bonds. The fourth-order valence-corrected chi connectivity index (χ4v) is 3.08. The number of ether oxygens (including phenoxy) is 1. The molecule has 2 heterocycles. The maximum atomic E-state index is 12.3. The van der Waals surface area contributed by atoms with E-state index in [1.54, 1.807) is 30.1 Å². The zero-order valence-corrected chi connectivity index (χ0v) is 13.6. The third-order valence-electron chi connectivity index (χ3n) is 4.35. The number of rotatable bonds is 3. The van der Waals surface area contributed by atoms with E-state index in [4.69, 9.17) is 4.74 Å². The van der Waals surface area contributed by atoms with Gasteiger partial charge in [0.2, 0.25) is 5.91 Å². The third-order valence-corrected chi connectivity index (χ3v) is 4.35. The Kier molecular flexibility index (Phi) is 3.74. The van der Waals surface area contributed by atoms with E-state index in [0.29, 0.717) is 28.4 Å². The summed E-state index contributed by atoms with van der Waals surface area (Å²) in [5, 5.41) is 18.1. The van der Waals surface area contributed by atoms with Crippen molar-refractivity contribution in [3.05, 3.63) is 71.5 Å². The second kappa shape index (κ2) is 6.07. The van der Waals surface area contributed by atoms with Crippen LogP contribution in [-0.2, 0) is 11.2 Å². The molecular formula is C19H17N3O3. The van der Waals surface area contributed by atoms with Crippen LogP contribution in [0.4, 0.5) is 5.69 Å². The van der Waals surface area contributed by atoms with E-state index < -0.39 is 6.10 Å². The number of aliphatic hydroxyl groups is 1. The molecule has 0 bridgehead atoms. The summed E-state index contributed by atoms with van der Waals surface area (Å²) in [6, 6.07) is 14.7. The normalized spacial score (nSPS) is 14.1. The van der Waals surface area contributed by atoms with Gasteiger partial charge in [-0.3, -0.25) is 4.79 Å². The van der Waals surface area contributed by atoms with Gasteiger partial charge < -0.3 is 15.2 Å². The number of nitrogens with one attached hydrogen (secondary N) is 1. The summed E-state index contributed by atoms with van der Waals surface area (Å²) in [6.07, 6.45) is 0.912. The monoisotopic (exact) mass is 335 g/mol. The van der Waals surface area contributed by atoms with E-state index in [0.717, 1.165) is 5.56 Å². The van der Waals surface area contributed by atoms with E-state index in [9.17, 15) is 9.90 Å². The molecule has 6 nitrogen and oxygen atoms in total. The van der Waals surface area contributed by atoms with Gasteiger partial charge in [-0.1, -0.05) is 30.3 Å². The highest BCUT2D eigenvalue weighted by atomic mass is 16.5. The van der Waals surface area contributed by atoms with Crippen molar-refractivity contribution in [1.82, 2.24) is 9.78 Å². The van der Waals surface area contributed by atoms with Crippen LogP contribution in [0.3, 0.4) is 0 Å². The van der Waals surface area contributed by atoms with Crippen molar-refractivity contribution < 1.29 is 14.6 Å². The Morgan fingerprint density at radius 1 is 1.24 bits per heavy atom. The van der Waals surface area contributed by atoms with Gasteiger partial charge in [-0.25, -0.2) is 4.68 Å². The third kappa shape index (κ3) is 2.66. The standard InChI is InChI=1S/C19H17N3O3/c1-25-13-7-8-15-17(9-13)22-16(10-18(23)21-15)14(11-20-22)19(24)12-5-3-2-4-6-12/h2-9,11,19,24H,10H2,1H3,(H,21,23). The largest absolute Gasteiger partial charge is 0.497 e. The molecule has 25 heavy (non-hydrogen) atoms. The number of benzene rings is 2. The lowest BCUT2D eigenvalue weighted by Crippen LogP contribution is -2.14. The molecule has 2 aromatic carbocycles. The number of nitrogens with zero attached hydrogens (tertiary/aromatic N) is 2. The number of carbonyl (C=O) groups excluding carboxylic acids is 1. The molecular weight excluding hydrogens is 318 g/mol. The molecule has 6 heteroatoms. The van der Waals surface area contributed by atoms with Gasteiger partial charge in [0.25, 0.3) is 0 Å². The van der Waals surface area contributed by atoms with Crippen LogP contribution in [0.5, 0.6) is 5.75 Å². The summed E-state index contributed by atoms with van der Waals surface area (Å²) in [5.41, 5.74) is 3.42. The van der Waals surface area contributed by atoms with Gasteiger partial charge in [-0.05, 0) is 17.7 Å². The van der Waals surface area contributed by atoms with Crippen molar-refractivity contribution in [1.29, 1.82) is 0 Å². The van der Waals surface area contributed by atoms with Crippen molar-refractivity contribution in [3.63, 3.8) is 0 Å². The zero-order chi connectivity index (χ0) is 17.4. The Labute approximate surface area is 144 Å². The number of aromatic nitrogens is 2. The Morgan fingerprint density at radius 2 is 2.04 bits per heavy atom. The molecule has 1 unspecified atom stereocenters. The first kappa shape index (κ1) is 15.4. The van der Waals surface area contributed by atoms with E-state index in [1.165, 1.54) is 0 Å². The number of amides is 1. The van der Waals surface area contributed by atoms with E-state index in [2.05, 4.69) is 10.4 Å². The minimum atomic E-state index is -0.843. The fraction of sp³-hybridized carbons (Fsp3) is 0.158. The Balaban J connectivity index is 1.86. The van der Waals surface area contributed by atoms with Gasteiger partial charge in [0.05, 0.1) is 36.8 Å². The van der Waals surface area contributed by atoms with Crippen LogP contribution in [-0.4, -0.2) is 27.9 Å². The molecule has 1 atom stereocenters. The number of anilines is 1. The SMILES string of the molecule is COc1ccc2c(c1)-n1ncc(C(O)c3ccccc3)c1CC(=O)N2. The quantitative estimate of drug-likeness (QED) is 0.771.